The second kappa shape index (κ2) is 10.7. The second-order valence-corrected chi connectivity index (χ2v) is 6.12. The summed E-state index contributed by atoms with van der Waals surface area (Å²) in [6.45, 7) is 10.6. The van der Waals surface area contributed by atoms with Crippen molar-refractivity contribution in [1.29, 1.82) is 0 Å². The van der Waals surface area contributed by atoms with E-state index in [0.29, 0.717) is 6.54 Å². The van der Waals surface area contributed by atoms with Crippen LogP contribution in [0.4, 0.5) is 11.4 Å². The van der Waals surface area contributed by atoms with Gasteiger partial charge in [-0.2, -0.15) is 0 Å². The number of rotatable bonds is 11. The standard InChI is InChI=1S/C19H31N3O3/c1-5-8-11-20-17(19(24)25)13-18(23)21-16-10-9-15(12-14(16)4)22(6-2)7-3/h9-10,12,17,20H,5-8,11,13H2,1-4H3,(H,21,23)(H,24,25). The van der Waals surface area contributed by atoms with E-state index in [1.54, 1.807) is 0 Å². The van der Waals surface area contributed by atoms with Crippen LogP contribution in [0.2, 0.25) is 0 Å². The Morgan fingerprint density at radius 2 is 1.88 bits per heavy atom. The van der Waals surface area contributed by atoms with Crippen molar-refractivity contribution in [1.82, 2.24) is 5.32 Å². The summed E-state index contributed by atoms with van der Waals surface area (Å²) in [7, 11) is 0. The first-order valence-corrected chi connectivity index (χ1v) is 9.04. The number of carboxylic acids is 1. The third-order valence-electron chi connectivity index (χ3n) is 4.22. The number of unbranched alkanes of at least 4 members (excludes halogenated alkanes) is 1. The molecule has 3 N–H and O–H groups in total. The molecule has 0 aliphatic carbocycles. The molecule has 0 bridgehead atoms. The summed E-state index contributed by atoms with van der Waals surface area (Å²) in [6.07, 6.45) is 1.78. The van der Waals surface area contributed by atoms with Crippen LogP contribution in [0.15, 0.2) is 18.2 Å². The molecule has 0 heterocycles. The molecule has 140 valence electrons. The molecule has 1 aromatic carbocycles. The zero-order valence-corrected chi connectivity index (χ0v) is 15.8. The molecule has 1 rings (SSSR count). The molecule has 0 aliphatic heterocycles. The van der Waals surface area contributed by atoms with E-state index in [1.165, 1.54) is 0 Å². The molecule has 1 unspecified atom stereocenters. The van der Waals surface area contributed by atoms with Gasteiger partial charge in [-0.3, -0.25) is 9.59 Å². The van der Waals surface area contributed by atoms with E-state index in [2.05, 4.69) is 29.4 Å². The smallest absolute Gasteiger partial charge is 0.321 e. The molecule has 25 heavy (non-hydrogen) atoms. The molecule has 0 fully saturated rings. The zero-order chi connectivity index (χ0) is 18.8. The molecule has 6 heteroatoms. The van der Waals surface area contributed by atoms with Gasteiger partial charge in [0.15, 0.2) is 0 Å². The fraction of sp³-hybridized carbons (Fsp3) is 0.579. The Morgan fingerprint density at radius 3 is 2.40 bits per heavy atom. The van der Waals surface area contributed by atoms with Gasteiger partial charge in [-0.15, -0.1) is 0 Å². The van der Waals surface area contributed by atoms with Gasteiger partial charge in [-0.1, -0.05) is 13.3 Å². The Morgan fingerprint density at radius 1 is 1.20 bits per heavy atom. The van der Waals surface area contributed by atoms with Crippen LogP contribution in [0.1, 0.15) is 45.6 Å². The molecule has 0 radical (unpaired) electrons. The molecule has 1 aromatic rings. The number of nitrogens with one attached hydrogen (secondary N) is 2. The third kappa shape index (κ3) is 6.74. The maximum Gasteiger partial charge on any atom is 0.321 e. The average molecular weight is 349 g/mol. The Kier molecular flexibility index (Phi) is 8.99. The fourth-order valence-corrected chi connectivity index (χ4v) is 2.66. The molecule has 0 aromatic heterocycles. The van der Waals surface area contributed by atoms with Gasteiger partial charge in [-0.25, -0.2) is 0 Å². The van der Waals surface area contributed by atoms with Gasteiger partial charge in [-0.05, 0) is 57.5 Å². The number of carbonyl (C=O) groups excluding carboxylic acids is 1. The molecule has 0 spiro atoms. The van der Waals surface area contributed by atoms with Crippen LogP contribution < -0.4 is 15.5 Å². The maximum absolute atomic E-state index is 12.2. The maximum atomic E-state index is 12.2. The zero-order valence-electron chi connectivity index (χ0n) is 15.8. The van der Waals surface area contributed by atoms with Gasteiger partial charge >= 0.3 is 5.97 Å². The summed E-state index contributed by atoms with van der Waals surface area (Å²) < 4.78 is 0. The minimum Gasteiger partial charge on any atom is -0.480 e. The third-order valence-corrected chi connectivity index (χ3v) is 4.22. The highest BCUT2D eigenvalue weighted by Gasteiger charge is 2.20. The van der Waals surface area contributed by atoms with Crippen molar-refractivity contribution in [2.45, 2.75) is 53.0 Å². The lowest BCUT2D eigenvalue weighted by molar-refractivity contribution is -0.141. The van der Waals surface area contributed by atoms with Crippen LogP contribution in [0.25, 0.3) is 0 Å². The van der Waals surface area contributed by atoms with Crippen molar-refractivity contribution in [2.24, 2.45) is 0 Å². The van der Waals surface area contributed by atoms with Crippen LogP contribution in [0.5, 0.6) is 0 Å². The number of aryl methyl sites for hydroxylation is 1. The lowest BCUT2D eigenvalue weighted by Crippen LogP contribution is -2.40. The van der Waals surface area contributed by atoms with Gasteiger partial charge in [0.2, 0.25) is 5.91 Å². The van der Waals surface area contributed by atoms with Crippen molar-refractivity contribution >= 4 is 23.3 Å². The summed E-state index contributed by atoms with van der Waals surface area (Å²) in [5.74, 6) is -1.30. The average Bonchev–Trinajstić information content (AvgIpc) is 2.57. The molecule has 1 amide bonds. The minimum atomic E-state index is -1.00. The molecule has 1 atom stereocenters. The molecule has 6 nitrogen and oxygen atoms in total. The molecular weight excluding hydrogens is 318 g/mol. The van der Waals surface area contributed by atoms with Crippen LogP contribution in [0.3, 0.4) is 0 Å². The number of hydrogen-bond donors (Lipinski definition) is 3. The summed E-state index contributed by atoms with van der Waals surface area (Å²) in [5.41, 5.74) is 2.80. The van der Waals surface area contributed by atoms with E-state index in [1.807, 2.05) is 32.0 Å². The van der Waals surface area contributed by atoms with Gasteiger partial charge in [0.25, 0.3) is 0 Å². The van der Waals surface area contributed by atoms with Crippen molar-refractivity contribution in [3.05, 3.63) is 23.8 Å². The highest BCUT2D eigenvalue weighted by Crippen LogP contribution is 2.22. The first-order valence-electron chi connectivity index (χ1n) is 9.04. The molecule has 0 saturated carbocycles. The van der Waals surface area contributed by atoms with Gasteiger partial charge < -0.3 is 20.6 Å². The highest BCUT2D eigenvalue weighted by atomic mass is 16.4. The first kappa shape index (κ1) is 21.0. The Balaban J connectivity index is 2.70. The predicted molar refractivity (Wildman–Crippen MR) is 102 cm³/mol. The minimum absolute atomic E-state index is 0.0870. The Hall–Kier alpha value is -2.08. The summed E-state index contributed by atoms with van der Waals surface area (Å²) in [6, 6.07) is 5.03. The van der Waals surface area contributed by atoms with E-state index < -0.39 is 12.0 Å². The van der Waals surface area contributed by atoms with E-state index in [-0.39, 0.29) is 12.3 Å². The second-order valence-electron chi connectivity index (χ2n) is 6.12. The van der Waals surface area contributed by atoms with Gasteiger partial charge in [0.05, 0.1) is 6.42 Å². The molecule has 0 aliphatic rings. The summed E-state index contributed by atoms with van der Waals surface area (Å²) in [5, 5.41) is 15.0. The van der Waals surface area contributed by atoms with Crippen molar-refractivity contribution in [3.8, 4) is 0 Å². The number of amides is 1. The van der Waals surface area contributed by atoms with E-state index >= 15 is 0 Å². The summed E-state index contributed by atoms with van der Waals surface area (Å²) in [4.78, 5) is 25.7. The van der Waals surface area contributed by atoms with Gasteiger partial charge in [0, 0.05) is 24.5 Å². The number of anilines is 2. The predicted octanol–water partition coefficient (Wildman–Crippen LogP) is 3.01. The molecular formula is C19H31N3O3. The number of aliphatic carboxylic acids is 1. The lowest BCUT2D eigenvalue weighted by Gasteiger charge is -2.22. The van der Waals surface area contributed by atoms with E-state index in [0.717, 1.165) is 42.9 Å². The van der Waals surface area contributed by atoms with Crippen molar-refractivity contribution < 1.29 is 14.7 Å². The fourth-order valence-electron chi connectivity index (χ4n) is 2.66. The van der Waals surface area contributed by atoms with Crippen LogP contribution >= 0.6 is 0 Å². The van der Waals surface area contributed by atoms with Crippen molar-refractivity contribution in [2.75, 3.05) is 29.9 Å². The van der Waals surface area contributed by atoms with Crippen LogP contribution in [-0.4, -0.2) is 42.7 Å². The number of carboxylic acid groups (broad SMARTS) is 1. The van der Waals surface area contributed by atoms with Gasteiger partial charge in [0.1, 0.15) is 6.04 Å². The Bertz CT molecular complexity index is 571. The highest BCUT2D eigenvalue weighted by molar-refractivity contribution is 5.94. The normalized spacial score (nSPS) is 11.8. The number of benzene rings is 1. The Labute approximate surface area is 150 Å². The lowest BCUT2D eigenvalue weighted by atomic mass is 10.1. The number of carbonyl (C=O) groups is 2. The van der Waals surface area contributed by atoms with Crippen LogP contribution in [0, 0.1) is 6.92 Å². The van der Waals surface area contributed by atoms with E-state index in [9.17, 15) is 14.7 Å². The van der Waals surface area contributed by atoms with Crippen molar-refractivity contribution in [3.63, 3.8) is 0 Å². The largest absolute Gasteiger partial charge is 0.480 e. The molecule has 0 saturated heterocycles. The first-order chi connectivity index (χ1) is 11.9. The number of nitrogens with zero attached hydrogens (tertiary/aromatic N) is 1. The monoisotopic (exact) mass is 349 g/mol. The topological polar surface area (TPSA) is 81.7 Å². The van der Waals surface area contributed by atoms with E-state index in [4.69, 9.17) is 0 Å². The van der Waals surface area contributed by atoms with Crippen LogP contribution in [-0.2, 0) is 9.59 Å². The number of hydrogen-bond acceptors (Lipinski definition) is 4. The quantitative estimate of drug-likeness (QED) is 0.535. The summed E-state index contributed by atoms with van der Waals surface area (Å²) >= 11 is 0. The SMILES string of the molecule is CCCCNC(CC(=O)Nc1ccc(N(CC)CC)cc1C)C(=O)O.